The molecule has 4 heteroatoms. The first-order chi connectivity index (χ1) is 9.37. The van der Waals surface area contributed by atoms with E-state index in [9.17, 15) is 4.79 Å². The van der Waals surface area contributed by atoms with Crippen molar-refractivity contribution in [3.8, 4) is 5.75 Å². The van der Waals surface area contributed by atoms with E-state index < -0.39 is 5.60 Å². The van der Waals surface area contributed by atoms with Gasteiger partial charge in [-0.1, -0.05) is 0 Å². The number of methoxy groups -OCH3 is 1. The molecule has 0 fully saturated rings. The van der Waals surface area contributed by atoms with E-state index in [-0.39, 0.29) is 12.4 Å². The lowest BCUT2D eigenvalue weighted by atomic mass is 10.1. The molecule has 0 aliphatic rings. The molecule has 2 rings (SSSR count). The summed E-state index contributed by atoms with van der Waals surface area (Å²) in [5.41, 5.74) is 1.24. The number of carbonyl (C=O) groups is 1. The number of ether oxygens (including phenoxy) is 2. The van der Waals surface area contributed by atoms with Crippen LogP contribution in [-0.2, 0) is 16.0 Å². The summed E-state index contributed by atoms with van der Waals surface area (Å²) in [6.07, 6.45) is 1.93. The van der Waals surface area contributed by atoms with E-state index in [1.54, 1.807) is 13.3 Å². The molecule has 0 aliphatic carbocycles. The molecule has 0 aliphatic heterocycles. The first-order valence-corrected chi connectivity index (χ1v) is 6.52. The van der Waals surface area contributed by atoms with E-state index >= 15 is 0 Å². The van der Waals surface area contributed by atoms with Gasteiger partial charge in [0.1, 0.15) is 11.4 Å². The summed E-state index contributed by atoms with van der Waals surface area (Å²) in [7, 11) is 1.62. The second kappa shape index (κ2) is 5.49. The summed E-state index contributed by atoms with van der Waals surface area (Å²) < 4.78 is 10.5. The predicted octanol–water partition coefficient (Wildman–Crippen LogP) is 3.13. The molecule has 0 amide bonds. The van der Waals surface area contributed by atoms with Gasteiger partial charge < -0.3 is 9.47 Å². The molecule has 1 heterocycles. The molecular formula is C16H19NO3. The highest BCUT2D eigenvalue weighted by Gasteiger charge is 2.16. The molecular weight excluding hydrogens is 254 g/mol. The lowest BCUT2D eigenvalue weighted by molar-refractivity contribution is -0.153. The van der Waals surface area contributed by atoms with Crippen molar-refractivity contribution in [2.75, 3.05) is 7.11 Å². The average Bonchev–Trinajstić information content (AvgIpc) is 2.35. The predicted molar refractivity (Wildman–Crippen MR) is 77.8 cm³/mol. The number of rotatable bonds is 3. The highest BCUT2D eigenvalue weighted by atomic mass is 16.6. The highest BCUT2D eigenvalue weighted by molar-refractivity contribution is 5.82. The number of aromatic nitrogens is 1. The van der Waals surface area contributed by atoms with Gasteiger partial charge in [-0.3, -0.25) is 9.78 Å². The largest absolute Gasteiger partial charge is 0.497 e. The molecule has 20 heavy (non-hydrogen) atoms. The van der Waals surface area contributed by atoms with E-state index in [0.717, 1.165) is 22.2 Å². The maximum atomic E-state index is 11.8. The molecule has 2 aromatic rings. The van der Waals surface area contributed by atoms with Crippen LogP contribution < -0.4 is 4.74 Å². The molecule has 1 aromatic carbocycles. The Labute approximate surface area is 118 Å². The van der Waals surface area contributed by atoms with Crippen LogP contribution in [0, 0.1) is 0 Å². The van der Waals surface area contributed by atoms with E-state index in [1.807, 2.05) is 45.0 Å². The number of pyridine rings is 1. The van der Waals surface area contributed by atoms with Crippen LogP contribution in [0.1, 0.15) is 26.3 Å². The summed E-state index contributed by atoms with van der Waals surface area (Å²) in [4.78, 5) is 16.2. The minimum Gasteiger partial charge on any atom is -0.497 e. The Bertz CT molecular complexity index is 629. The van der Waals surface area contributed by atoms with Gasteiger partial charge in [0.15, 0.2) is 0 Å². The lowest BCUT2D eigenvalue weighted by Crippen LogP contribution is -2.24. The molecule has 0 atom stereocenters. The number of carbonyl (C=O) groups excluding carboxylic acids is 1. The molecule has 0 saturated carbocycles. The SMILES string of the molecule is COc1ccc2ncc(CC(=O)OC(C)(C)C)cc2c1. The molecule has 0 unspecified atom stereocenters. The monoisotopic (exact) mass is 273 g/mol. The first-order valence-electron chi connectivity index (χ1n) is 6.52. The van der Waals surface area contributed by atoms with E-state index in [1.165, 1.54) is 0 Å². The van der Waals surface area contributed by atoms with Gasteiger partial charge in [-0.2, -0.15) is 0 Å². The molecule has 0 radical (unpaired) electrons. The zero-order valence-corrected chi connectivity index (χ0v) is 12.3. The lowest BCUT2D eigenvalue weighted by Gasteiger charge is -2.19. The summed E-state index contributed by atoms with van der Waals surface area (Å²) >= 11 is 0. The van der Waals surface area contributed by atoms with Crippen molar-refractivity contribution in [2.24, 2.45) is 0 Å². The van der Waals surface area contributed by atoms with Crippen molar-refractivity contribution in [3.05, 3.63) is 36.0 Å². The summed E-state index contributed by atoms with van der Waals surface area (Å²) in [6, 6.07) is 7.60. The Morgan fingerprint density at radius 1 is 1.25 bits per heavy atom. The molecule has 0 spiro atoms. The number of benzene rings is 1. The van der Waals surface area contributed by atoms with Gasteiger partial charge in [0.2, 0.25) is 0 Å². The molecule has 106 valence electrons. The van der Waals surface area contributed by atoms with Gasteiger partial charge in [-0.05, 0) is 50.6 Å². The smallest absolute Gasteiger partial charge is 0.310 e. The number of esters is 1. The van der Waals surface area contributed by atoms with Gasteiger partial charge in [0.25, 0.3) is 0 Å². The van der Waals surface area contributed by atoms with E-state index in [4.69, 9.17) is 9.47 Å². The van der Waals surface area contributed by atoms with Gasteiger partial charge in [-0.15, -0.1) is 0 Å². The molecule has 1 aromatic heterocycles. The van der Waals surface area contributed by atoms with Crippen molar-refractivity contribution in [2.45, 2.75) is 32.8 Å². The van der Waals surface area contributed by atoms with Gasteiger partial charge in [0.05, 0.1) is 19.0 Å². The molecule has 0 N–H and O–H groups in total. The van der Waals surface area contributed by atoms with Gasteiger partial charge >= 0.3 is 5.97 Å². The highest BCUT2D eigenvalue weighted by Crippen LogP contribution is 2.20. The van der Waals surface area contributed by atoms with Crippen LogP contribution >= 0.6 is 0 Å². The van der Waals surface area contributed by atoms with Crippen molar-refractivity contribution >= 4 is 16.9 Å². The summed E-state index contributed by atoms with van der Waals surface area (Å²) in [5.74, 6) is 0.523. The zero-order chi connectivity index (χ0) is 14.8. The fourth-order valence-electron chi connectivity index (χ4n) is 1.92. The normalized spacial score (nSPS) is 11.4. The number of hydrogen-bond acceptors (Lipinski definition) is 4. The van der Waals surface area contributed by atoms with Crippen molar-refractivity contribution in [1.29, 1.82) is 0 Å². The van der Waals surface area contributed by atoms with Gasteiger partial charge in [-0.25, -0.2) is 0 Å². The maximum absolute atomic E-state index is 11.8. The fraction of sp³-hybridized carbons (Fsp3) is 0.375. The molecule has 0 bridgehead atoms. The molecule has 0 saturated heterocycles. The van der Waals surface area contributed by atoms with E-state index in [2.05, 4.69) is 4.98 Å². The number of nitrogens with zero attached hydrogens (tertiary/aromatic N) is 1. The van der Waals surface area contributed by atoms with Crippen LogP contribution in [0.2, 0.25) is 0 Å². The Morgan fingerprint density at radius 3 is 2.65 bits per heavy atom. The standard InChI is InChI=1S/C16H19NO3/c1-16(2,3)20-15(18)8-11-7-12-9-13(19-4)5-6-14(12)17-10-11/h5-7,9-10H,8H2,1-4H3. The Hall–Kier alpha value is -2.10. The van der Waals surface area contributed by atoms with Crippen molar-refractivity contribution < 1.29 is 14.3 Å². The second-order valence-corrected chi connectivity index (χ2v) is 5.67. The van der Waals surface area contributed by atoms with Crippen molar-refractivity contribution in [1.82, 2.24) is 4.98 Å². The van der Waals surface area contributed by atoms with Crippen LogP contribution in [0.15, 0.2) is 30.5 Å². The Kier molecular flexibility index (Phi) is 3.93. The Morgan fingerprint density at radius 2 is 2.00 bits per heavy atom. The fourth-order valence-corrected chi connectivity index (χ4v) is 1.92. The van der Waals surface area contributed by atoms with Gasteiger partial charge in [0, 0.05) is 11.6 Å². The van der Waals surface area contributed by atoms with Crippen LogP contribution in [0.3, 0.4) is 0 Å². The van der Waals surface area contributed by atoms with E-state index in [0.29, 0.717) is 0 Å². The summed E-state index contributed by atoms with van der Waals surface area (Å²) in [5, 5.41) is 0.949. The minimum atomic E-state index is -0.468. The molecule has 4 nitrogen and oxygen atoms in total. The van der Waals surface area contributed by atoms with Crippen LogP contribution in [0.4, 0.5) is 0 Å². The third kappa shape index (κ3) is 3.70. The quantitative estimate of drug-likeness (QED) is 0.806. The number of fused-ring (bicyclic) bond motifs is 1. The minimum absolute atomic E-state index is 0.220. The third-order valence-corrected chi connectivity index (χ3v) is 2.71. The number of hydrogen-bond donors (Lipinski definition) is 0. The Balaban J connectivity index is 2.20. The maximum Gasteiger partial charge on any atom is 0.310 e. The topological polar surface area (TPSA) is 48.4 Å². The average molecular weight is 273 g/mol. The van der Waals surface area contributed by atoms with Crippen LogP contribution in [0.25, 0.3) is 10.9 Å². The first kappa shape index (κ1) is 14.3. The second-order valence-electron chi connectivity index (χ2n) is 5.67. The summed E-state index contributed by atoms with van der Waals surface area (Å²) in [6.45, 7) is 5.57. The van der Waals surface area contributed by atoms with Crippen LogP contribution in [0.5, 0.6) is 5.75 Å². The van der Waals surface area contributed by atoms with Crippen molar-refractivity contribution in [3.63, 3.8) is 0 Å². The third-order valence-electron chi connectivity index (χ3n) is 2.71. The zero-order valence-electron chi connectivity index (χ0n) is 12.3. The van der Waals surface area contributed by atoms with Crippen LogP contribution in [-0.4, -0.2) is 23.7 Å².